The summed E-state index contributed by atoms with van der Waals surface area (Å²) in [6.07, 6.45) is 4.54. The van der Waals surface area contributed by atoms with Crippen LogP contribution in [0.1, 0.15) is 30.9 Å². The smallest absolute Gasteiger partial charge is 0.0858 e. The molecule has 1 aromatic carbocycles. The Hall–Kier alpha value is -1.45. The van der Waals surface area contributed by atoms with E-state index in [1.165, 1.54) is 6.42 Å². The lowest BCUT2D eigenvalue weighted by Crippen LogP contribution is -2.42. The molecule has 0 aliphatic heterocycles. The highest BCUT2D eigenvalue weighted by Gasteiger charge is 2.42. The summed E-state index contributed by atoms with van der Waals surface area (Å²) >= 11 is 0. The zero-order chi connectivity index (χ0) is 12.6. The van der Waals surface area contributed by atoms with Crippen molar-refractivity contribution in [2.75, 3.05) is 6.54 Å². The number of aliphatic hydroxyl groups is 1. The van der Waals surface area contributed by atoms with Crippen LogP contribution in [0, 0.1) is 5.41 Å². The third-order valence-electron chi connectivity index (χ3n) is 4.28. The normalized spacial score (nSPS) is 19.4. The van der Waals surface area contributed by atoms with Crippen LogP contribution in [0.2, 0.25) is 0 Å². The van der Waals surface area contributed by atoms with Gasteiger partial charge >= 0.3 is 0 Å². The van der Waals surface area contributed by atoms with Crippen molar-refractivity contribution in [2.24, 2.45) is 11.1 Å². The number of hydrogen-bond acceptors (Lipinski definition) is 3. The summed E-state index contributed by atoms with van der Waals surface area (Å²) in [5.74, 6) is 0. The molecule has 1 aliphatic carbocycles. The predicted octanol–water partition coefficient (Wildman–Crippen LogP) is 2.40. The quantitative estimate of drug-likeness (QED) is 0.869. The highest BCUT2D eigenvalue weighted by atomic mass is 16.3. The van der Waals surface area contributed by atoms with Gasteiger partial charge in [-0.05, 0) is 36.6 Å². The molecule has 1 fully saturated rings. The number of benzene rings is 1. The molecule has 94 valence electrons. The van der Waals surface area contributed by atoms with Crippen LogP contribution < -0.4 is 5.73 Å². The predicted molar refractivity (Wildman–Crippen MR) is 72.0 cm³/mol. The Morgan fingerprint density at radius 1 is 1.33 bits per heavy atom. The van der Waals surface area contributed by atoms with E-state index in [1.54, 1.807) is 6.20 Å². The van der Waals surface area contributed by atoms with Gasteiger partial charge in [0.15, 0.2) is 0 Å². The maximum absolute atomic E-state index is 10.5. The third kappa shape index (κ3) is 1.71. The number of hydrogen-bond donors (Lipinski definition) is 2. The summed E-state index contributed by atoms with van der Waals surface area (Å²) in [6.45, 7) is 0.555. The van der Waals surface area contributed by atoms with Crippen molar-refractivity contribution in [3.63, 3.8) is 0 Å². The Kier molecular flexibility index (Phi) is 2.80. The van der Waals surface area contributed by atoms with Crippen LogP contribution in [-0.4, -0.2) is 16.6 Å². The van der Waals surface area contributed by atoms with Crippen LogP contribution in [0.5, 0.6) is 0 Å². The maximum atomic E-state index is 10.5. The molecule has 3 heteroatoms. The second-order valence-corrected chi connectivity index (χ2v) is 5.28. The molecule has 0 spiro atoms. The molecule has 1 aromatic heterocycles. The fraction of sp³-hybridized carbons (Fsp3) is 0.400. The van der Waals surface area contributed by atoms with E-state index < -0.39 is 6.10 Å². The van der Waals surface area contributed by atoms with Gasteiger partial charge in [-0.15, -0.1) is 0 Å². The highest BCUT2D eigenvalue weighted by Crippen LogP contribution is 2.49. The molecule has 1 aliphatic rings. The summed E-state index contributed by atoms with van der Waals surface area (Å²) in [5.41, 5.74) is 7.67. The summed E-state index contributed by atoms with van der Waals surface area (Å²) in [7, 11) is 0. The minimum atomic E-state index is -0.458. The molecule has 1 unspecified atom stereocenters. The standard InChI is InChI=1S/C15H18N2O/c16-10-15(6-2-7-15)14(18)12-4-5-13-11(9-12)3-1-8-17-13/h1,3-5,8-9,14,18H,2,6-7,10,16H2. The van der Waals surface area contributed by atoms with Crippen LogP contribution in [0.15, 0.2) is 36.5 Å². The Labute approximate surface area is 107 Å². The number of nitrogens with two attached hydrogens (primary N) is 1. The summed E-state index contributed by atoms with van der Waals surface area (Å²) in [5, 5.41) is 11.6. The molecule has 18 heavy (non-hydrogen) atoms. The molecule has 3 nitrogen and oxygen atoms in total. The van der Waals surface area contributed by atoms with E-state index in [1.807, 2.05) is 30.3 Å². The average molecular weight is 242 g/mol. The molecule has 0 saturated heterocycles. The van der Waals surface area contributed by atoms with Crippen LogP contribution >= 0.6 is 0 Å². The first-order chi connectivity index (χ1) is 8.75. The van der Waals surface area contributed by atoms with E-state index in [4.69, 9.17) is 5.73 Å². The van der Waals surface area contributed by atoms with Gasteiger partial charge in [-0.2, -0.15) is 0 Å². The lowest BCUT2D eigenvalue weighted by Gasteiger charge is -2.44. The van der Waals surface area contributed by atoms with Crippen molar-refractivity contribution in [2.45, 2.75) is 25.4 Å². The van der Waals surface area contributed by atoms with Gasteiger partial charge in [0.2, 0.25) is 0 Å². The Bertz CT molecular complexity index is 558. The van der Waals surface area contributed by atoms with E-state index in [9.17, 15) is 5.11 Å². The topological polar surface area (TPSA) is 59.1 Å². The minimum Gasteiger partial charge on any atom is -0.388 e. The lowest BCUT2D eigenvalue weighted by molar-refractivity contribution is -0.0296. The van der Waals surface area contributed by atoms with E-state index in [0.717, 1.165) is 29.3 Å². The summed E-state index contributed by atoms with van der Waals surface area (Å²) in [6, 6.07) is 9.91. The summed E-state index contributed by atoms with van der Waals surface area (Å²) in [4.78, 5) is 4.29. The van der Waals surface area contributed by atoms with E-state index in [0.29, 0.717) is 6.54 Å². The van der Waals surface area contributed by atoms with Gasteiger partial charge < -0.3 is 10.8 Å². The van der Waals surface area contributed by atoms with Gasteiger partial charge in [0, 0.05) is 23.5 Å². The first-order valence-electron chi connectivity index (χ1n) is 6.48. The molecule has 3 N–H and O–H groups in total. The Morgan fingerprint density at radius 3 is 2.83 bits per heavy atom. The van der Waals surface area contributed by atoms with Crippen LogP contribution in [0.3, 0.4) is 0 Å². The fourth-order valence-electron chi connectivity index (χ4n) is 2.84. The van der Waals surface area contributed by atoms with E-state index >= 15 is 0 Å². The molecule has 1 heterocycles. The number of nitrogens with zero attached hydrogens (tertiary/aromatic N) is 1. The van der Waals surface area contributed by atoms with Crippen molar-refractivity contribution in [1.29, 1.82) is 0 Å². The van der Waals surface area contributed by atoms with Crippen molar-refractivity contribution < 1.29 is 5.11 Å². The number of pyridine rings is 1. The zero-order valence-electron chi connectivity index (χ0n) is 10.3. The SMILES string of the molecule is NCC1(C(O)c2ccc3ncccc3c2)CCC1. The second kappa shape index (κ2) is 4.34. The Morgan fingerprint density at radius 2 is 2.17 bits per heavy atom. The Balaban J connectivity index is 1.98. The van der Waals surface area contributed by atoms with Crippen LogP contribution in [0.25, 0.3) is 10.9 Å². The number of fused-ring (bicyclic) bond motifs is 1. The number of aromatic nitrogens is 1. The van der Waals surface area contributed by atoms with Crippen molar-refractivity contribution in [3.05, 3.63) is 42.1 Å². The number of aliphatic hydroxyl groups excluding tert-OH is 1. The van der Waals surface area contributed by atoms with E-state index in [2.05, 4.69) is 4.98 Å². The molecule has 0 radical (unpaired) electrons. The summed E-state index contributed by atoms with van der Waals surface area (Å²) < 4.78 is 0. The van der Waals surface area contributed by atoms with Crippen molar-refractivity contribution in [3.8, 4) is 0 Å². The fourth-order valence-corrected chi connectivity index (χ4v) is 2.84. The average Bonchev–Trinajstić information content (AvgIpc) is 2.37. The first-order valence-corrected chi connectivity index (χ1v) is 6.48. The largest absolute Gasteiger partial charge is 0.388 e. The van der Waals surface area contributed by atoms with Crippen molar-refractivity contribution in [1.82, 2.24) is 4.98 Å². The molecule has 0 bridgehead atoms. The van der Waals surface area contributed by atoms with Gasteiger partial charge in [-0.3, -0.25) is 4.98 Å². The van der Waals surface area contributed by atoms with Gasteiger partial charge in [-0.1, -0.05) is 18.6 Å². The lowest BCUT2D eigenvalue weighted by atomic mass is 9.63. The van der Waals surface area contributed by atoms with Crippen molar-refractivity contribution >= 4 is 10.9 Å². The van der Waals surface area contributed by atoms with E-state index in [-0.39, 0.29) is 5.41 Å². The molecular formula is C15H18N2O. The minimum absolute atomic E-state index is 0.101. The molecule has 1 saturated carbocycles. The maximum Gasteiger partial charge on any atom is 0.0858 e. The van der Waals surface area contributed by atoms with Gasteiger partial charge in [0.25, 0.3) is 0 Å². The first kappa shape index (κ1) is 11.6. The molecule has 2 aromatic rings. The van der Waals surface area contributed by atoms with Gasteiger partial charge in [0.05, 0.1) is 11.6 Å². The molecular weight excluding hydrogens is 224 g/mol. The zero-order valence-corrected chi connectivity index (χ0v) is 10.3. The third-order valence-corrected chi connectivity index (χ3v) is 4.28. The van der Waals surface area contributed by atoms with Crippen LogP contribution in [0.4, 0.5) is 0 Å². The number of rotatable bonds is 3. The monoisotopic (exact) mass is 242 g/mol. The van der Waals surface area contributed by atoms with Gasteiger partial charge in [-0.25, -0.2) is 0 Å². The second-order valence-electron chi connectivity index (χ2n) is 5.28. The molecule has 3 rings (SSSR count). The molecule has 0 amide bonds. The van der Waals surface area contributed by atoms with Crippen LogP contribution in [-0.2, 0) is 0 Å². The van der Waals surface area contributed by atoms with Gasteiger partial charge in [0.1, 0.15) is 0 Å². The highest BCUT2D eigenvalue weighted by molar-refractivity contribution is 5.79. The molecule has 1 atom stereocenters.